The Hall–Kier alpha value is -1.10. The highest BCUT2D eigenvalue weighted by molar-refractivity contribution is 9.10. The molecular formula is C8H7BrFNO2. The lowest BCUT2D eigenvalue weighted by Gasteiger charge is -2.05. The third kappa shape index (κ3) is 2.42. The first kappa shape index (κ1) is 9.98. The summed E-state index contributed by atoms with van der Waals surface area (Å²) in [4.78, 5) is 10.3. The lowest BCUT2D eigenvalue weighted by molar-refractivity contribution is 0.209. The van der Waals surface area contributed by atoms with Crippen molar-refractivity contribution in [3.63, 3.8) is 0 Å². The van der Waals surface area contributed by atoms with Gasteiger partial charge in [-0.05, 0) is 40.5 Å². The molecule has 0 unspecified atom stereocenters. The number of halogens is 2. The minimum atomic E-state index is -1.28. The number of amides is 1. The molecule has 0 heterocycles. The Kier molecular flexibility index (Phi) is 2.87. The van der Waals surface area contributed by atoms with E-state index in [4.69, 9.17) is 5.11 Å². The maximum atomic E-state index is 13.2. The number of anilines is 1. The van der Waals surface area contributed by atoms with Crippen LogP contribution in [0.4, 0.5) is 14.9 Å². The van der Waals surface area contributed by atoms with Gasteiger partial charge in [-0.2, -0.15) is 0 Å². The fourth-order valence-electron chi connectivity index (χ4n) is 0.931. The minimum Gasteiger partial charge on any atom is -0.465 e. The normalized spacial score (nSPS) is 9.77. The Morgan fingerprint density at radius 2 is 2.23 bits per heavy atom. The SMILES string of the molecule is Cc1cc(Br)c(F)c(NC(=O)O)c1. The van der Waals surface area contributed by atoms with Crippen LogP contribution in [0.15, 0.2) is 16.6 Å². The molecule has 0 aliphatic rings. The number of rotatable bonds is 1. The van der Waals surface area contributed by atoms with E-state index in [-0.39, 0.29) is 10.2 Å². The molecule has 0 fully saturated rings. The van der Waals surface area contributed by atoms with Crippen LogP contribution < -0.4 is 5.32 Å². The average Bonchev–Trinajstić information content (AvgIpc) is 1.98. The molecule has 0 atom stereocenters. The summed E-state index contributed by atoms with van der Waals surface area (Å²) in [6, 6.07) is 3.00. The number of benzene rings is 1. The van der Waals surface area contributed by atoms with E-state index in [9.17, 15) is 9.18 Å². The topological polar surface area (TPSA) is 49.3 Å². The summed E-state index contributed by atoms with van der Waals surface area (Å²) in [5, 5.41) is 10.3. The number of aryl methyl sites for hydroxylation is 1. The summed E-state index contributed by atoms with van der Waals surface area (Å²) in [6.45, 7) is 1.75. The van der Waals surface area contributed by atoms with Gasteiger partial charge in [0.2, 0.25) is 0 Å². The highest BCUT2D eigenvalue weighted by atomic mass is 79.9. The largest absolute Gasteiger partial charge is 0.465 e. The highest BCUT2D eigenvalue weighted by Crippen LogP contribution is 2.24. The van der Waals surface area contributed by atoms with Gasteiger partial charge in [0.15, 0.2) is 5.82 Å². The second-order valence-electron chi connectivity index (χ2n) is 2.54. The van der Waals surface area contributed by atoms with E-state index in [0.29, 0.717) is 0 Å². The summed E-state index contributed by atoms with van der Waals surface area (Å²) < 4.78 is 13.4. The summed E-state index contributed by atoms with van der Waals surface area (Å²) in [6.07, 6.45) is -1.28. The molecule has 2 N–H and O–H groups in total. The van der Waals surface area contributed by atoms with Crippen LogP contribution in [-0.4, -0.2) is 11.2 Å². The quantitative estimate of drug-likeness (QED) is 0.802. The molecule has 0 saturated carbocycles. The molecule has 5 heteroatoms. The van der Waals surface area contributed by atoms with E-state index in [1.807, 2.05) is 5.32 Å². The molecule has 0 aromatic heterocycles. The van der Waals surface area contributed by atoms with Crippen LogP contribution in [0.5, 0.6) is 0 Å². The van der Waals surface area contributed by atoms with E-state index < -0.39 is 11.9 Å². The maximum Gasteiger partial charge on any atom is 0.409 e. The molecule has 1 aromatic rings. The van der Waals surface area contributed by atoms with Gasteiger partial charge in [-0.3, -0.25) is 5.32 Å². The molecule has 3 nitrogen and oxygen atoms in total. The fourth-order valence-corrected chi connectivity index (χ4v) is 1.51. The summed E-state index contributed by atoms with van der Waals surface area (Å²) in [5.41, 5.74) is 0.733. The zero-order chi connectivity index (χ0) is 10.0. The van der Waals surface area contributed by atoms with Gasteiger partial charge < -0.3 is 5.11 Å². The number of carbonyl (C=O) groups is 1. The van der Waals surface area contributed by atoms with E-state index >= 15 is 0 Å². The van der Waals surface area contributed by atoms with Crippen molar-refractivity contribution in [2.24, 2.45) is 0 Å². The van der Waals surface area contributed by atoms with Crippen molar-refractivity contribution in [2.45, 2.75) is 6.92 Å². The Labute approximate surface area is 82.7 Å². The molecule has 0 aliphatic heterocycles. The van der Waals surface area contributed by atoms with Gasteiger partial charge >= 0.3 is 6.09 Å². The number of hydrogen-bond acceptors (Lipinski definition) is 1. The van der Waals surface area contributed by atoms with Crippen LogP contribution in [0.2, 0.25) is 0 Å². The smallest absolute Gasteiger partial charge is 0.409 e. The van der Waals surface area contributed by atoms with Crippen molar-refractivity contribution in [3.05, 3.63) is 28.0 Å². The first-order valence-electron chi connectivity index (χ1n) is 3.46. The molecule has 0 aliphatic carbocycles. The fraction of sp³-hybridized carbons (Fsp3) is 0.125. The molecule has 0 saturated heterocycles. The van der Waals surface area contributed by atoms with E-state index in [1.54, 1.807) is 13.0 Å². The monoisotopic (exact) mass is 247 g/mol. The third-order valence-electron chi connectivity index (χ3n) is 1.41. The zero-order valence-corrected chi connectivity index (χ0v) is 8.35. The lowest BCUT2D eigenvalue weighted by Crippen LogP contribution is -2.09. The molecule has 1 amide bonds. The van der Waals surface area contributed by atoms with E-state index in [2.05, 4.69) is 15.9 Å². The van der Waals surface area contributed by atoms with E-state index in [1.165, 1.54) is 6.07 Å². The predicted molar refractivity (Wildman–Crippen MR) is 50.5 cm³/mol. The van der Waals surface area contributed by atoms with Crippen LogP contribution in [0.25, 0.3) is 0 Å². The second-order valence-corrected chi connectivity index (χ2v) is 3.39. The van der Waals surface area contributed by atoms with Crippen molar-refractivity contribution >= 4 is 27.7 Å². The highest BCUT2D eigenvalue weighted by Gasteiger charge is 2.09. The van der Waals surface area contributed by atoms with Crippen LogP contribution in [0, 0.1) is 12.7 Å². The zero-order valence-electron chi connectivity index (χ0n) is 6.77. The van der Waals surface area contributed by atoms with Gasteiger partial charge in [-0.25, -0.2) is 9.18 Å². The molecule has 0 spiro atoms. The first-order valence-corrected chi connectivity index (χ1v) is 4.25. The van der Waals surface area contributed by atoms with Gasteiger partial charge in [0.1, 0.15) is 0 Å². The third-order valence-corrected chi connectivity index (χ3v) is 1.99. The maximum absolute atomic E-state index is 13.2. The number of hydrogen-bond donors (Lipinski definition) is 2. The molecule has 0 bridgehead atoms. The predicted octanol–water partition coefficient (Wildman–Crippen LogP) is 2.99. The van der Waals surface area contributed by atoms with Crippen LogP contribution in [0.1, 0.15) is 5.56 Å². The van der Waals surface area contributed by atoms with Gasteiger partial charge in [-0.15, -0.1) is 0 Å². The Balaban J connectivity index is 3.12. The van der Waals surface area contributed by atoms with E-state index in [0.717, 1.165) is 5.56 Å². The van der Waals surface area contributed by atoms with Crippen molar-refractivity contribution in [1.29, 1.82) is 0 Å². The Morgan fingerprint density at radius 3 is 2.77 bits per heavy atom. The Bertz CT molecular complexity index is 354. The van der Waals surface area contributed by atoms with Crippen molar-refractivity contribution in [1.82, 2.24) is 0 Å². The van der Waals surface area contributed by atoms with Gasteiger partial charge in [0, 0.05) is 0 Å². The van der Waals surface area contributed by atoms with Gasteiger partial charge in [0.25, 0.3) is 0 Å². The average molecular weight is 248 g/mol. The minimum absolute atomic E-state index is 0.0422. The van der Waals surface area contributed by atoms with Crippen molar-refractivity contribution < 1.29 is 14.3 Å². The molecule has 1 rings (SSSR count). The van der Waals surface area contributed by atoms with Crippen LogP contribution >= 0.6 is 15.9 Å². The molecule has 70 valence electrons. The molecule has 0 radical (unpaired) electrons. The summed E-state index contributed by atoms with van der Waals surface area (Å²) in [5.74, 6) is -0.604. The van der Waals surface area contributed by atoms with Crippen LogP contribution in [-0.2, 0) is 0 Å². The first-order chi connectivity index (χ1) is 6.00. The van der Waals surface area contributed by atoms with Crippen LogP contribution in [0.3, 0.4) is 0 Å². The van der Waals surface area contributed by atoms with Gasteiger partial charge in [0.05, 0.1) is 10.2 Å². The second kappa shape index (κ2) is 3.74. The summed E-state index contributed by atoms with van der Waals surface area (Å²) >= 11 is 2.98. The van der Waals surface area contributed by atoms with Crippen molar-refractivity contribution in [3.8, 4) is 0 Å². The lowest BCUT2D eigenvalue weighted by atomic mass is 10.2. The molecule has 1 aromatic carbocycles. The van der Waals surface area contributed by atoms with Crippen molar-refractivity contribution in [2.75, 3.05) is 5.32 Å². The molecular weight excluding hydrogens is 241 g/mol. The number of nitrogens with one attached hydrogen (secondary N) is 1. The summed E-state index contributed by atoms with van der Waals surface area (Å²) in [7, 11) is 0. The number of carboxylic acid groups (broad SMARTS) is 1. The molecule has 13 heavy (non-hydrogen) atoms. The Morgan fingerprint density at radius 1 is 1.62 bits per heavy atom. The van der Waals surface area contributed by atoms with Gasteiger partial charge in [-0.1, -0.05) is 0 Å². The standard InChI is InChI=1S/C8H7BrFNO2/c1-4-2-5(9)7(10)6(3-4)11-8(12)13/h2-3,11H,1H3,(H,12,13).